The van der Waals surface area contributed by atoms with Crippen molar-refractivity contribution in [2.75, 3.05) is 12.3 Å². The van der Waals surface area contributed by atoms with Crippen LogP contribution in [0.5, 0.6) is 0 Å². The monoisotopic (exact) mass is 275 g/mol. The Morgan fingerprint density at radius 3 is 3.21 bits per heavy atom. The molecule has 5 heteroatoms. The first-order valence-electron chi connectivity index (χ1n) is 6.49. The van der Waals surface area contributed by atoms with Crippen LogP contribution in [0.2, 0.25) is 0 Å². The van der Waals surface area contributed by atoms with Crippen LogP contribution in [0.15, 0.2) is 23.4 Å². The Morgan fingerprint density at radius 1 is 1.63 bits per heavy atom. The van der Waals surface area contributed by atoms with E-state index in [0.29, 0.717) is 22.4 Å². The number of carbonyl (C=O) groups is 1. The lowest BCUT2D eigenvalue weighted by molar-refractivity contribution is -0.131. The van der Waals surface area contributed by atoms with Gasteiger partial charge in [0, 0.05) is 18.8 Å². The highest BCUT2D eigenvalue weighted by atomic mass is 32.2. The van der Waals surface area contributed by atoms with E-state index in [2.05, 4.69) is 18.0 Å². The van der Waals surface area contributed by atoms with Crippen LogP contribution in [0, 0.1) is 11.3 Å². The highest BCUT2D eigenvalue weighted by Crippen LogP contribution is 2.22. The van der Waals surface area contributed by atoms with E-state index in [9.17, 15) is 4.79 Å². The van der Waals surface area contributed by atoms with Gasteiger partial charge in [-0.2, -0.15) is 5.26 Å². The van der Waals surface area contributed by atoms with Crippen LogP contribution in [-0.2, 0) is 4.79 Å². The third-order valence-electron chi connectivity index (χ3n) is 3.35. The van der Waals surface area contributed by atoms with Gasteiger partial charge in [-0.15, -0.1) is 0 Å². The molecule has 2 rings (SSSR count). The van der Waals surface area contributed by atoms with Gasteiger partial charge in [-0.3, -0.25) is 4.79 Å². The lowest BCUT2D eigenvalue weighted by atomic mass is 10.0. The van der Waals surface area contributed by atoms with Gasteiger partial charge in [0.2, 0.25) is 5.91 Å². The van der Waals surface area contributed by atoms with Crippen LogP contribution < -0.4 is 0 Å². The number of nitrogens with zero attached hydrogens (tertiary/aromatic N) is 3. The van der Waals surface area contributed by atoms with Crippen LogP contribution in [-0.4, -0.2) is 34.1 Å². The lowest BCUT2D eigenvalue weighted by Crippen LogP contribution is -2.42. The van der Waals surface area contributed by atoms with Crippen molar-refractivity contribution in [3.63, 3.8) is 0 Å². The van der Waals surface area contributed by atoms with Crippen LogP contribution in [0.4, 0.5) is 0 Å². The summed E-state index contributed by atoms with van der Waals surface area (Å²) in [7, 11) is 0. The third kappa shape index (κ3) is 3.48. The largest absolute Gasteiger partial charge is 0.339 e. The molecule has 0 saturated carbocycles. The quantitative estimate of drug-likeness (QED) is 0.795. The summed E-state index contributed by atoms with van der Waals surface area (Å²) in [4.78, 5) is 18.3. The van der Waals surface area contributed by atoms with Crippen molar-refractivity contribution in [1.82, 2.24) is 9.88 Å². The minimum atomic E-state index is 0.145. The summed E-state index contributed by atoms with van der Waals surface area (Å²) in [5.74, 6) is 0.502. The number of hydrogen-bond donors (Lipinski definition) is 0. The number of hydrogen-bond acceptors (Lipinski definition) is 4. The Balaban J connectivity index is 1.95. The predicted molar refractivity (Wildman–Crippen MR) is 74.7 cm³/mol. The van der Waals surface area contributed by atoms with E-state index in [1.165, 1.54) is 18.2 Å². The Labute approximate surface area is 117 Å². The second-order valence-corrected chi connectivity index (χ2v) is 5.65. The molecule has 1 aliphatic heterocycles. The molecular weight excluding hydrogens is 258 g/mol. The van der Waals surface area contributed by atoms with E-state index in [1.54, 1.807) is 18.3 Å². The lowest BCUT2D eigenvalue weighted by Gasteiger charge is -2.33. The molecule has 0 aliphatic carbocycles. The van der Waals surface area contributed by atoms with Crippen molar-refractivity contribution < 1.29 is 4.79 Å². The third-order valence-corrected chi connectivity index (χ3v) is 4.34. The Kier molecular flexibility index (Phi) is 4.80. The van der Waals surface area contributed by atoms with Crippen LogP contribution in [0.1, 0.15) is 31.7 Å². The van der Waals surface area contributed by atoms with Gasteiger partial charge in [0.25, 0.3) is 0 Å². The molecule has 1 aliphatic rings. The van der Waals surface area contributed by atoms with Gasteiger partial charge < -0.3 is 4.90 Å². The smallest absolute Gasteiger partial charge is 0.233 e. The van der Waals surface area contributed by atoms with Crippen molar-refractivity contribution >= 4 is 17.7 Å². The average molecular weight is 275 g/mol. The standard InChI is InChI=1S/C14H17N3OS/c1-11-5-2-3-8-17(11)13(18)10-19-14-12(9-15)6-4-7-16-14/h4,6-7,11H,2-3,5,8,10H2,1H3. The summed E-state index contributed by atoms with van der Waals surface area (Å²) in [6.45, 7) is 2.96. The summed E-state index contributed by atoms with van der Waals surface area (Å²) >= 11 is 1.35. The molecular formula is C14H17N3OS. The first-order valence-corrected chi connectivity index (χ1v) is 7.48. The summed E-state index contributed by atoms with van der Waals surface area (Å²) < 4.78 is 0. The molecule has 100 valence electrons. The molecule has 1 aromatic rings. The zero-order valence-electron chi connectivity index (χ0n) is 11.0. The molecule has 2 heterocycles. The van der Waals surface area contributed by atoms with E-state index < -0.39 is 0 Å². The molecule has 1 fully saturated rings. The van der Waals surface area contributed by atoms with Gasteiger partial charge >= 0.3 is 0 Å². The number of nitriles is 1. The number of carbonyl (C=O) groups excluding carboxylic acids is 1. The topological polar surface area (TPSA) is 57.0 Å². The van der Waals surface area contributed by atoms with Gasteiger partial charge in [0.05, 0.1) is 11.3 Å². The number of amides is 1. The fourth-order valence-corrected chi connectivity index (χ4v) is 3.10. The normalized spacial score (nSPS) is 18.9. The molecule has 0 radical (unpaired) electrons. The summed E-state index contributed by atoms with van der Waals surface area (Å²) in [5.41, 5.74) is 0.534. The molecule has 1 unspecified atom stereocenters. The zero-order chi connectivity index (χ0) is 13.7. The van der Waals surface area contributed by atoms with Gasteiger partial charge in [0.15, 0.2) is 0 Å². The van der Waals surface area contributed by atoms with Crippen LogP contribution in [0.3, 0.4) is 0 Å². The van der Waals surface area contributed by atoms with Gasteiger partial charge in [-0.05, 0) is 38.3 Å². The van der Waals surface area contributed by atoms with Crippen molar-refractivity contribution in [2.45, 2.75) is 37.3 Å². The highest BCUT2D eigenvalue weighted by molar-refractivity contribution is 7.99. The maximum absolute atomic E-state index is 12.2. The molecule has 0 bridgehead atoms. The van der Waals surface area contributed by atoms with E-state index in [-0.39, 0.29) is 5.91 Å². The zero-order valence-corrected chi connectivity index (χ0v) is 11.8. The fraction of sp³-hybridized carbons (Fsp3) is 0.500. The van der Waals surface area contributed by atoms with Gasteiger partial charge in [-0.25, -0.2) is 4.98 Å². The predicted octanol–water partition coefficient (Wildman–Crippen LogP) is 2.45. The summed E-state index contributed by atoms with van der Waals surface area (Å²) in [6, 6.07) is 5.89. The first kappa shape index (κ1) is 13.9. The molecule has 19 heavy (non-hydrogen) atoms. The number of piperidine rings is 1. The minimum Gasteiger partial charge on any atom is -0.339 e. The van der Waals surface area contributed by atoms with Crippen molar-refractivity contribution in [2.24, 2.45) is 0 Å². The minimum absolute atomic E-state index is 0.145. The second-order valence-electron chi connectivity index (χ2n) is 4.69. The number of rotatable bonds is 3. The summed E-state index contributed by atoms with van der Waals surface area (Å²) in [5, 5.41) is 9.62. The first-order chi connectivity index (χ1) is 9.22. The molecule has 0 spiro atoms. The number of thioether (sulfide) groups is 1. The average Bonchev–Trinajstić information content (AvgIpc) is 2.45. The Bertz CT molecular complexity index is 498. The maximum atomic E-state index is 12.2. The molecule has 0 N–H and O–H groups in total. The summed E-state index contributed by atoms with van der Waals surface area (Å²) in [6.07, 6.45) is 5.03. The van der Waals surface area contributed by atoms with Crippen molar-refractivity contribution in [1.29, 1.82) is 5.26 Å². The molecule has 1 amide bonds. The molecule has 1 atom stereocenters. The van der Waals surface area contributed by atoms with Crippen LogP contribution >= 0.6 is 11.8 Å². The van der Waals surface area contributed by atoms with Gasteiger partial charge in [0.1, 0.15) is 11.1 Å². The molecule has 4 nitrogen and oxygen atoms in total. The highest BCUT2D eigenvalue weighted by Gasteiger charge is 2.23. The van der Waals surface area contributed by atoms with Gasteiger partial charge in [-0.1, -0.05) is 11.8 Å². The van der Waals surface area contributed by atoms with E-state index in [0.717, 1.165) is 19.4 Å². The molecule has 0 aromatic carbocycles. The second kappa shape index (κ2) is 6.58. The molecule has 1 saturated heterocycles. The Hall–Kier alpha value is -1.54. The SMILES string of the molecule is CC1CCCCN1C(=O)CSc1ncccc1C#N. The maximum Gasteiger partial charge on any atom is 0.233 e. The number of likely N-dealkylation sites (tertiary alicyclic amines) is 1. The van der Waals surface area contributed by atoms with Crippen molar-refractivity contribution in [3.05, 3.63) is 23.9 Å². The van der Waals surface area contributed by atoms with E-state index in [4.69, 9.17) is 5.26 Å². The number of aromatic nitrogens is 1. The van der Waals surface area contributed by atoms with Crippen LogP contribution in [0.25, 0.3) is 0 Å². The Morgan fingerprint density at radius 2 is 2.47 bits per heavy atom. The van der Waals surface area contributed by atoms with E-state index in [1.807, 2.05) is 4.90 Å². The molecule has 1 aromatic heterocycles. The number of pyridine rings is 1. The van der Waals surface area contributed by atoms with Crippen molar-refractivity contribution in [3.8, 4) is 6.07 Å². The fourth-order valence-electron chi connectivity index (χ4n) is 2.27. The van der Waals surface area contributed by atoms with E-state index >= 15 is 0 Å².